The monoisotopic (exact) mass is 306 g/mol. The molecule has 0 spiro atoms. The number of hydrogen-bond donors (Lipinski definition) is 2. The molecular weight excluding hydrogens is 288 g/mol. The van der Waals surface area contributed by atoms with Crippen LogP contribution in [0.5, 0.6) is 0 Å². The zero-order chi connectivity index (χ0) is 15.5. The Balaban J connectivity index is 1.90. The molecule has 1 heterocycles. The minimum atomic E-state index is -4.73. The van der Waals surface area contributed by atoms with Crippen LogP contribution in [0.2, 0.25) is 0 Å². The Kier molecular flexibility index (Phi) is 5.05. The number of hydrogen-bond acceptors (Lipinski definition) is 3. The first-order chi connectivity index (χ1) is 9.86. The molecule has 7 heteroatoms. The zero-order valence-corrected chi connectivity index (χ0v) is 11.5. The Morgan fingerprint density at radius 1 is 1.24 bits per heavy atom. The van der Waals surface area contributed by atoms with Crippen molar-refractivity contribution in [1.82, 2.24) is 4.90 Å². The lowest BCUT2D eigenvalue weighted by Crippen LogP contribution is -2.34. The molecule has 0 bridgehead atoms. The first-order valence-corrected chi connectivity index (χ1v) is 6.87. The molecule has 1 aromatic carbocycles. The molecule has 1 saturated heterocycles. The van der Waals surface area contributed by atoms with Crippen molar-refractivity contribution in [3.8, 4) is 0 Å². The first kappa shape index (κ1) is 16.0. The number of likely N-dealkylation sites (tertiary alicyclic amines) is 1. The van der Waals surface area contributed by atoms with Gasteiger partial charge in [-0.1, -0.05) is 0 Å². The number of β-amino-alcohol motifs (C(OH)–C–C–N with tert-alkyl or cyclic N) is 1. The number of anilines is 1. The van der Waals surface area contributed by atoms with Crippen LogP contribution in [0.15, 0.2) is 18.2 Å². The molecule has 1 aliphatic rings. The molecule has 0 aromatic heterocycles. The van der Waals surface area contributed by atoms with E-state index in [0.29, 0.717) is 6.54 Å². The molecule has 3 nitrogen and oxygen atoms in total. The summed E-state index contributed by atoms with van der Waals surface area (Å²) >= 11 is 0. The van der Waals surface area contributed by atoms with E-state index in [4.69, 9.17) is 0 Å². The summed E-state index contributed by atoms with van der Waals surface area (Å²) in [6.45, 7) is 2.48. The molecule has 1 fully saturated rings. The van der Waals surface area contributed by atoms with Gasteiger partial charge in [-0.15, -0.1) is 0 Å². The average molecular weight is 306 g/mol. The predicted molar refractivity (Wildman–Crippen MR) is 71.6 cm³/mol. The van der Waals surface area contributed by atoms with Gasteiger partial charge in [0, 0.05) is 18.8 Å². The molecule has 118 valence electrons. The van der Waals surface area contributed by atoms with Gasteiger partial charge in [0.25, 0.3) is 0 Å². The molecule has 2 rings (SSSR count). The molecule has 0 radical (unpaired) electrons. The summed E-state index contributed by atoms with van der Waals surface area (Å²) in [4.78, 5) is 2.11. The number of nitrogens with one attached hydrogen (secondary N) is 1. The van der Waals surface area contributed by atoms with E-state index >= 15 is 0 Å². The molecule has 2 N–H and O–H groups in total. The van der Waals surface area contributed by atoms with Crippen molar-refractivity contribution in [3.05, 3.63) is 29.6 Å². The number of halogens is 4. The Labute approximate surface area is 120 Å². The SMILES string of the molecule is OC(CNc1ccc(F)c(C(F)(F)F)c1)CN1CCCC1. The summed E-state index contributed by atoms with van der Waals surface area (Å²) in [6.07, 6.45) is -3.20. The number of alkyl halides is 3. The fourth-order valence-corrected chi connectivity index (χ4v) is 2.42. The smallest absolute Gasteiger partial charge is 0.390 e. The van der Waals surface area contributed by atoms with Gasteiger partial charge >= 0.3 is 6.18 Å². The van der Waals surface area contributed by atoms with Crippen molar-refractivity contribution in [2.45, 2.75) is 25.1 Å². The van der Waals surface area contributed by atoms with Crippen molar-refractivity contribution in [3.63, 3.8) is 0 Å². The third kappa shape index (κ3) is 4.57. The molecule has 1 atom stereocenters. The van der Waals surface area contributed by atoms with Crippen LogP contribution >= 0.6 is 0 Å². The Morgan fingerprint density at radius 3 is 2.52 bits per heavy atom. The van der Waals surface area contributed by atoms with Crippen molar-refractivity contribution in [1.29, 1.82) is 0 Å². The number of nitrogens with zero attached hydrogens (tertiary/aromatic N) is 1. The highest BCUT2D eigenvalue weighted by molar-refractivity contribution is 5.47. The minimum absolute atomic E-state index is 0.124. The lowest BCUT2D eigenvalue weighted by atomic mass is 10.1. The molecule has 0 saturated carbocycles. The second-order valence-electron chi connectivity index (χ2n) is 5.23. The predicted octanol–water partition coefficient (Wildman–Crippen LogP) is 2.71. The Bertz CT molecular complexity index is 473. The quantitative estimate of drug-likeness (QED) is 0.821. The van der Waals surface area contributed by atoms with Gasteiger partial charge in [0.1, 0.15) is 5.82 Å². The van der Waals surface area contributed by atoms with Crippen LogP contribution in [0.1, 0.15) is 18.4 Å². The van der Waals surface area contributed by atoms with Gasteiger partial charge in [0.05, 0.1) is 11.7 Å². The van der Waals surface area contributed by atoms with E-state index < -0.39 is 23.7 Å². The van der Waals surface area contributed by atoms with Crippen LogP contribution in [0, 0.1) is 5.82 Å². The van der Waals surface area contributed by atoms with Crippen molar-refractivity contribution >= 4 is 5.69 Å². The highest BCUT2D eigenvalue weighted by Gasteiger charge is 2.34. The highest BCUT2D eigenvalue weighted by Crippen LogP contribution is 2.32. The van der Waals surface area contributed by atoms with Gasteiger partial charge in [0.15, 0.2) is 0 Å². The molecule has 0 aliphatic carbocycles. The van der Waals surface area contributed by atoms with Crippen LogP contribution in [-0.2, 0) is 6.18 Å². The van der Waals surface area contributed by atoms with E-state index in [0.717, 1.165) is 38.1 Å². The molecule has 1 aliphatic heterocycles. The third-order valence-corrected chi connectivity index (χ3v) is 3.48. The molecule has 21 heavy (non-hydrogen) atoms. The number of rotatable bonds is 5. The Morgan fingerprint density at radius 2 is 1.90 bits per heavy atom. The zero-order valence-electron chi connectivity index (χ0n) is 11.5. The molecular formula is C14H18F4N2O. The standard InChI is InChI=1S/C14H18F4N2O/c15-13-4-3-10(7-12(13)14(16,17)18)19-8-11(21)9-20-5-1-2-6-20/h3-4,7,11,19,21H,1-2,5-6,8-9H2. The lowest BCUT2D eigenvalue weighted by molar-refractivity contribution is -0.139. The maximum absolute atomic E-state index is 13.1. The van der Waals surface area contributed by atoms with E-state index in [1.54, 1.807) is 0 Å². The molecule has 0 amide bonds. The number of aliphatic hydroxyl groups excluding tert-OH is 1. The summed E-state index contributed by atoms with van der Waals surface area (Å²) in [5, 5.41) is 12.6. The maximum atomic E-state index is 13.1. The third-order valence-electron chi connectivity index (χ3n) is 3.48. The second kappa shape index (κ2) is 6.62. The van der Waals surface area contributed by atoms with Crippen LogP contribution < -0.4 is 5.32 Å². The van der Waals surface area contributed by atoms with Gasteiger partial charge in [-0.2, -0.15) is 13.2 Å². The van der Waals surface area contributed by atoms with Crippen LogP contribution in [0.3, 0.4) is 0 Å². The first-order valence-electron chi connectivity index (χ1n) is 6.87. The van der Waals surface area contributed by atoms with Gasteiger partial charge in [-0.25, -0.2) is 4.39 Å². The van der Waals surface area contributed by atoms with E-state index in [9.17, 15) is 22.7 Å². The van der Waals surface area contributed by atoms with Crippen LogP contribution in [0.4, 0.5) is 23.2 Å². The fraction of sp³-hybridized carbons (Fsp3) is 0.571. The number of benzene rings is 1. The normalized spacial score (nSPS) is 18.0. The van der Waals surface area contributed by atoms with Crippen molar-refractivity contribution < 1.29 is 22.7 Å². The largest absolute Gasteiger partial charge is 0.419 e. The fourth-order valence-electron chi connectivity index (χ4n) is 2.42. The summed E-state index contributed by atoms with van der Waals surface area (Å²) < 4.78 is 50.9. The van der Waals surface area contributed by atoms with Gasteiger partial charge in [-0.05, 0) is 44.1 Å². The summed E-state index contributed by atoms with van der Waals surface area (Å²) in [6, 6.07) is 2.73. The van der Waals surface area contributed by atoms with Crippen molar-refractivity contribution in [2.75, 3.05) is 31.5 Å². The number of aliphatic hydroxyl groups is 1. The van der Waals surface area contributed by atoms with Crippen LogP contribution in [-0.4, -0.2) is 42.3 Å². The maximum Gasteiger partial charge on any atom is 0.419 e. The average Bonchev–Trinajstić information content (AvgIpc) is 2.89. The minimum Gasteiger partial charge on any atom is -0.390 e. The summed E-state index contributed by atoms with van der Waals surface area (Å²) in [7, 11) is 0. The van der Waals surface area contributed by atoms with Gasteiger partial charge in [0.2, 0.25) is 0 Å². The summed E-state index contributed by atoms with van der Waals surface area (Å²) in [5.74, 6) is -1.30. The van der Waals surface area contributed by atoms with E-state index in [1.165, 1.54) is 6.07 Å². The van der Waals surface area contributed by atoms with E-state index in [2.05, 4.69) is 10.2 Å². The second-order valence-corrected chi connectivity index (χ2v) is 5.23. The van der Waals surface area contributed by atoms with Gasteiger partial charge in [-0.3, -0.25) is 0 Å². The summed E-state index contributed by atoms with van der Waals surface area (Å²) in [5.41, 5.74) is -1.16. The highest BCUT2D eigenvalue weighted by atomic mass is 19.4. The Hall–Kier alpha value is -1.34. The van der Waals surface area contributed by atoms with Crippen LogP contribution in [0.25, 0.3) is 0 Å². The lowest BCUT2D eigenvalue weighted by Gasteiger charge is -2.20. The van der Waals surface area contributed by atoms with Crippen molar-refractivity contribution in [2.24, 2.45) is 0 Å². The topological polar surface area (TPSA) is 35.5 Å². The van der Waals surface area contributed by atoms with E-state index in [-0.39, 0.29) is 12.2 Å². The van der Waals surface area contributed by atoms with E-state index in [1.807, 2.05) is 0 Å². The molecule has 1 aromatic rings. The molecule has 1 unspecified atom stereocenters. The van der Waals surface area contributed by atoms with Gasteiger partial charge < -0.3 is 15.3 Å².